The topological polar surface area (TPSA) is 26.0 Å². The Labute approximate surface area is 104 Å². The minimum atomic E-state index is 0.220. The Hall–Kier alpha value is 0.360. The average Bonchev–Trinajstić information content (AvgIpc) is 2.64. The first-order chi connectivity index (χ1) is 7.20. The van der Waals surface area contributed by atoms with Crippen LogP contribution in [0.15, 0.2) is 11.4 Å². The van der Waals surface area contributed by atoms with Crippen LogP contribution in [0.4, 0.5) is 0 Å². The highest BCUT2D eigenvalue weighted by Crippen LogP contribution is 2.39. The van der Waals surface area contributed by atoms with E-state index >= 15 is 0 Å². The quantitative estimate of drug-likeness (QED) is 0.882. The molecule has 0 amide bonds. The zero-order chi connectivity index (χ0) is 10.8. The molecule has 1 nitrogen and oxygen atoms in total. The summed E-state index contributed by atoms with van der Waals surface area (Å²) in [5.74, 6) is 2.52. The molecule has 4 heteroatoms. The van der Waals surface area contributed by atoms with Gasteiger partial charge in [-0.05, 0) is 23.9 Å². The third kappa shape index (κ3) is 2.54. The molecule has 1 fully saturated rings. The summed E-state index contributed by atoms with van der Waals surface area (Å²) in [4.78, 5) is 1.38. The molecular weight excluding hydrogens is 242 g/mol. The van der Waals surface area contributed by atoms with Crippen molar-refractivity contribution in [3.8, 4) is 0 Å². The molecule has 0 saturated carbocycles. The van der Waals surface area contributed by atoms with Gasteiger partial charge < -0.3 is 5.73 Å². The molecule has 84 valence electrons. The van der Waals surface area contributed by atoms with Crippen molar-refractivity contribution >= 4 is 34.9 Å². The first-order valence-corrected chi connectivity index (χ1v) is 8.20. The lowest BCUT2D eigenvalue weighted by Crippen LogP contribution is -2.34. The van der Waals surface area contributed by atoms with Crippen LogP contribution in [0, 0.1) is 6.92 Å². The van der Waals surface area contributed by atoms with Gasteiger partial charge >= 0.3 is 0 Å². The van der Waals surface area contributed by atoms with E-state index in [4.69, 9.17) is 5.73 Å². The van der Waals surface area contributed by atoms with Crippen molar-refractivity contribution in [2.24, 2.45) is 5.73 Å². The largest absolute Gasteiger partial charge is 0.322 e. The SMILES string of the molecule is Cc1ccsc1C(N)C1SCCSC1C. The third-order valence-corrected chi connectivity index (χ3v) is 7.13. The molecule has 1 aliphatic rings. The Morgan fingerprint density at radius 1 is 1.40 bits per heavy atom. The number of hydrogen-bond donors (Lipinski definition) is 1. The second-order valence-corrected chi connectivity index (χ2v) is 7.62. The fourth-order valence-corrected chi connectivity index (χ4v) is 5.84. The molecule has 0 aliphatic carbocycles. The van der Waals surface area contributed by atoms with E-state index in [0.717, 1.165) is 0 Å². The molecule has 3 atom stereocenters. The van der Waals surface area contributed by atoms with Crippen molar-refractivity contribution in [1.29, 1.82) is 0 Å². The second kappa shape index (κ2) is 5.13. The first kappa shape index (κ1) is 11.8. The summed E-state index contributed by atoms with van der Waals surface area (Å²) in [6.45, 7) is 4.47. The summed E-state index contributed by atoms with van der Waals surface area (Å²) < 4.78 is 0. The summed E-state index contributed by atoms with van der Waals surface area (Å²) in [6.07, 6.45) is 0. The van der Waals surface area contributed by atoms with Crippen LogP contribution in [0.2, 0.25) is 0 Å². The normalized spacial score (nSPS) is 29.0. The summed E-state index contributed by atoms with van der Waals surface area (Å²) in [5.41, 5.74) is 7.74. The van der Waals surface area contributed by atoms with Gasteiger partial charge in [0.2, 0.25) is 0 Å². The van der Waals surface area contributed by atoms with E-state index in [1.165, 1.54) is 21.9 Å². The Kier molecular flexibility index (Phi) is 4.04. The summed E-state index contributed by atoms with van der Waals surface area (Å²) in [5, 5.41) is 3.41. The Morgan fingerprint density at radius 3 is 2.73 bits per heavy atom. The van der Waals surface area contributed by atoms with E-state index in [1.54, 1.807) is 11.3 Å². The molecule has 1 saturated heterocycles. The minimum absolute atomic E-state index is 0.220. The molecule has 3 unspecified atom stereocenters. The second-order valence-electron chi connectivity index (χ2n) is 3.90. The van der Waals surface area contributed by atoms with Crippen molar-refractivity contribution in [1.82, 2.24) is 0 Å². The Morgan fingerprint density at radius 2 is 2.13 bits per heavy atom. The number of thioether (sulfide) groups is 2. The number of aryl methyl sites for hydroxylation is 1. The highest BCUT2D eigenvalue weighted by Gasteiger charge is 2.30. The molecule has 2 rings (SSSR count). The van der Waals surface area contributed by atoms with Crippen LogP contribution in [0.5, 0.6) is 0 Å². The lowest BCUT2D eigenvalue weighted by Gasteiger charge is -2.32. The Balaban J connectivity index is 2.13. The van der Waals surface area contributed by atoms with E-state index in [1.807, 2.05) is 11.8 Å². The van der Waals surface area contributed by atoms with Gasteiger partial charge in [0.25, 0.3) is 0 Å². The standard InChI is InChI=1S/C11H17NS3/c1-7-3-4-14-10(7)9(12)11-8(2)13-5-6-15-11/h3-4,8-9,11H,5-6,12H2,1-2H3. The zero-order valence-corrected chi connectivity index (χ0v) is 11.6. The Bertz CT molecular complexity index is 323. The van der Waals surface area contributed by atoms with Crippen LogP contribution < -0.4 is 5.73 Å². The van der Waals surface area contributed by atoms with Crippen LogP contribution in [0.3, 0.4) is 0 Å². The van der Waals surface area contributed by atoms with Crippen molar-refractivity contribution in [2.45, 2.75) is 30.4 Å². The molecule has 1 aliphatic heterocycles. The predicted octanol–water partition coefficient (Wildman–Crippen LogP) is 3.29. The van der Waals surface area contributed by atoms with E-state index < -0.39 is 0 Å². The van der Waals surface area contributed by atoms with Gasteiger partial charge in [0.15, 0.2) is 0 Å². The predicted molar refractivity (Wildman–Crippen MR) is 74.2 cm³/mol. The van der Waals surface area contributed by atoms with E-state index in [9.17, 15) is 0 Å². The van der Waals surface area contributed by atoms with E-state index in [-0.39, 0.29) is 6.04 Å². The molecule has 0 aromatic carbocycles. The van der Waals surface area contributed by atoms with Crippen LogP contribution in [0.1, 0.15) is 23.4 Å². The van der Waals surface area contributed by atoms with Gasteiger partial charge in [-0.15, -0.1) is 11.3 Å². The van der Waals surface area contributed by atoms with Crippen LogP contribution in [-0.4, -0.2) is 22.0 Å². The molecule has 2 N–H and O–H groups in total. The monoisotopic (exact) mass is 259 g/mol. The number of nitrogens with two attached hydrogens (primary N) is 1. The number of thiophene rings is 1. The van der Waals surface area contributed by atoms with Crippen LogP contribution >= 0.6 is 34.9 Å². The van der Waals surface area contributed by atoms with Gasteiger partial charge in [0.05, 0.1) is 6.04 Å². The molecule has 0 spiro atoms. The lowest BCUT2D eigenvalue weighted by molar-refractivity contribution is 0.671. The fourth-order valence-electron chi connectivity index (χ4n) is 1.92. The lowest BCUT2D eigenvalue weighted by atomic mass is 10.1. The van der Waals surface area contributed by atoms with E-state index in [0.29, 0.717) is 10.5 Å². The average molecular weight is 259 g/mol. The molecule has 1 aromatic heterocycles. The number of rotatable bonds is 2. The maximum atomic E-state index is 6.38. The molecule has 0 radical (unpaired) electrons. The van der Waals surface area contributed by atoms with Crippen molar-refractivity contribution in [2.75, 3.05) is 11.5 Å². The zero-order valence-electron chi connectivity index (χ0n) is 9.10. The van der Waals surface area contributed by atoms with Gasteiger partial charge in [-0.1, -0.05) is 6.92 Å². The van der Waals surface area contributed by atoms with Gasteiger partial charge in [-0.25, -0.2) is 0 Å². The minimum Gasteiger partial charge on any atom is -0.322 e. The fraction of sp³-hybridized carbons (Fsp3) is 0.636. The molecular formula is C11H17NS3. The van der Waals surface area contributed by atoms with E-state index in [2.05, 4.69) is 37.1 Å². The molecule has 15 heavy (non-hydrogen) atoms. The molecule has 1 aromatic rings. The highest BCUT2D eigenvalue weighted by molar-refractivity contribution is 8.07. The van der Waals surface area contributed by atoms with Gasteiger partial charge in [-0.3, -0.25) is 0 Å². The summed E-state index contributed by atoms with van der Waals surface area (Å²) in [7, 11) is 0. The van der Waals surface area contributed by atoms with Crippen molar-refractivity contribution in [3.05, 3.63) is 21.9 Å². The summed E-state index contributed by atoms with van der Waals surface area (Å²) >= 11 is 5.91. The van der Waals surface area contributed by atoms with Gasteiger partial charge in [-0.2, -0.15) is 23.5 Å². The third-order valence-electron chi connectivity index (χ3n) is 2.80. The molecule has 2 heterocycles. The first-order valence-electron chi connectivity index (χ1n) is 5.23. The smallest absolute Gasteiger partial charge is 0.0523 e. The maximum Gasteiger partial charge on any atom is 0.0523 e. The van der Waals surface area contributed by atoms with Gasteiger partial charge in [0.1, 0.15) is 0 Å². The van der Waals surface area contributed by atoms with Crippen LogP contribution in [-0.2, 0) is 0 Å². The van der Waals surface area contributed by atoms with Gasteiger partial charge in [0, 0.05) is 26.9 Å². The highest BCUT2D eigenvalue weighted by atomic mass is 32.2. The molecule has 0 bridgehead atoms. The van der Waals surface area contributed by atoms with Crippen molar-refractivity contribution < 1.29 is 0 Å². The van der Waals surface area contributed by atoms with Crippen molar-refractivity contribution in [3.63, 3.8) is 0 Å². The maximum absolute atomic E-state index is 6.38. The van der Waals surface area contributed by atoms with Crippen LogP contribution in [0.25, 0.3) is 0 Å². The number of hydrogen-bond acceptors (Lipinski definition) is 4. The summed E-state index contributed by atoms with van der Waals surface area (Å²) in [6, 6.07) is 2.39.